The van der Waals surface area contributed by atoms with Gasteiger partial charge in [0, 0.05) is 18.3 Å². The zero-order chi connectivity index (χ0) is 12.3. The monoisotopic (exact) mass is 238 g/mol. The van der Waals surface area contributed by atoms with Crippen LogP contribution in [0, 0.1) is 6.92 Å². The molecular formula is C12H15ClN2O. The molecule has 0 atom stereocenters. The SMILES string of the molecule is CN=C(Cl)C(C)=C(N)c1ccc(O)c(C)c1. The molecule has 3 nitrogen and oxygen atoms in total. The summed E-state index contributed by atoms with van der Waals surface area (Å²) >= 11 is 5.89. The van der Waals surface area contributed by atoms with Crippen LogP contribution in [0.5, 0.6) is 5.75 Å². The Labute approximate surface area is 100 Å². The fourth-order valence-corrected chi connectivity index (χ4v) is 1.42. The highest BCUT2D eigenvalue weighted by atomic mass is 35.5. The number of hydrogen-bond acceptors (Lipinski definition) is 3. The quantitative estimate of drug-likeness (QED) is 0.779. The van der Waals surface area contributed by atoms with E-state index in [1.165, 1.54) is 0 Å². The standard InChI is InChI=1S/C12H15ClN2O/c1-7-6-9(4-5-10(7)16)11(14)8(2)12(13)15-3/h4-6,16H,14H2,1-3H3. The van der Waals surface area contributed by atoms with Gasteiger partial charge in [-0.2, -0.15) is 0 Å². The number of nitrogens with zero attached hydrogens (tertiary/aromatic N) is 1. The van der Waals surface area contributed by atoms with Crippen molar-refractivity contribution < 1.29 is 5.11 Å². The van der Waals surface area contributed by atoms with Gasteiger partial charge in [-0.15, -0.1) is 0 Å². The van der Waals surface area contributed by atoms with Gasteiger partial charge in [-0.1, -0.05) is 11.6 Å². The van der Waals surface area contributed by atoms with Crippen molar-refractivity contribution in [3.8, 4) is 5.75 Å². The third kappa shape index (κ3) is 2.55. The number of aliphatic imine (C=N–C) groups is 1. The fourth-order valence-electron chi connectivity index (χ4n) is 1.32. The molecule has 0 bridgehead atoms. The van der Waals surface area contributed by atoms with Gasteiger partial charge in [0.1, 0.15) is 10.9 Å². The van der Waals surface area contributed by atoms with E-state index in [2.05, 4.69) is 4.99 Å². The zero-order valence-corrected chi connectivity index (χ0v) is 10.3. The molecule has 0 aliphatic heterocycles. The molecule has 1 aromatic rings. The van der Waals surface area contributed by atoms with Crippen LogP contribution >= 0.6 is 11.6 Å². The molecule has 0 aliphatic carbocycles. The highest BCUT2D eigenvalue weighted by Gasteiger charge is 2.07. The van der Waals surface area contributed by atoms with Crippen LogP contribution in [-0.4, -0.2) is 17.3 Å². The molecule has 0 radical (unpaired) electrons. The van der Waals surface area contributed by atoms with E-state index in [1.807, 2.05) is 19.9 Å². The average molecular weight is 239 g/mol. The molecule has 0 fully saturated rings. The van der Waals surface area contributed by atoms with Crippen molar-refractivity contribution in [2.45, 2.75) is 13.8 Å². The van der Waals surface area contributed by atoms with Crippen LogP contribution in [0.15, 0.2) is 28.8 Å². The first-order chi connectivity index (χ1) is 7.47. The molecule has 16 heavy (non-hydrogen) atoms. The molecule has 86 valence electrons. The van der Waals surface area contributed by atoms with Gasteiger partial charge in [-0.25, -0.2) is 0 Å². The third-order valence-corrected chi connectivity index (χ3v) is 2.87. The van der Waals surface area contributed by atoms with Crippen molar-refractivity contribution in [2.75, 3.05) is 7.05 Å². The first-order valence-corrected chi connectivity index (χ1v) is 5.24. The van der Waals surface area contributed by atoms with Crippen LogP contribution in [0.3, 0.4) is 0 Å². The molecule has 0 aliphatic rings. The summed E-state index contributed by atoms with van der Waals surface area (Å²) in [6, 6.07) is 5.18. The molecule has 1 rings (SSSR count). The van der Waals surface area contributed by atoms with Gasteiger partial charge in [0.25, 0.3) is 0 Å². The van der Waals surface area contributed by atoms with E-state index in [-0.39, 0.29) is 5.75 Å². The molecule has 0 unspecified atom stereocenters. The second-order valence-corrected chi connectivity index (χ2v) is 3.91. The minimum atomic E-state index is 0.254. The van der Waals surface area contributed by atoms with Crippen molar-refractivity contribution >= 4 is 22.5 Å². The third-order valence-electron chi connectivity index (χ3n) is 2.42. The molecule has 1 aromatic carbocycles. The minimum absolute atomic E-state index is 0.254. The van der Waals surface area contributed by atoms with Gasteiger partial charge >= 0.3 is 0 Å². The van der Waals surface area contributed by atoms with Gasteiger partial charge < -0.3 is 10.8 Å². The Kier molecular flexibility index (Phi) is 3.96. The molecular weight excluding hydrogens is 224 g/mol. The summed E-state index contributed by atoms with van der Waals surface area (Å²) < 4.78 is 0. The van der Waals surface area contributed by atoms with Crippen LogP contribution in [0.4, 0.5) is 0 Å². The first-order valence-electron chi connectivity index (χ1n) is 4.86. The number of hydrogen-bond donors (Lipinski definition) is 2. The predicted octanol–water partition coefficient (Wildman–Crippen LogP) is 2.66. The molecule has 0 saturated heterocycles. The first kappa shape index (κ1) is 12.6. The summed E-state index contributed by atoms with van der Waals surface area (Å²) in [6.45, 7) is 3.63. The number of rotatable bonds is 2. The van der Waals surface area contributed by atoms with Gasteiger partial charge in [0.05, 0.1) is 0 Å². The van der Waals surface area contributed by atoms with E-state index in [0.717, 1.165) is 16.7 Å². The van der Waals surface area contributed by atoms with E-state index < -0.39 is 0 Å². The molecule has 0 amide bonds. The number of phenolic OH excluding ortho intramolecular Hbond substituents is 1. The van der Waals surface area contributed by atoms with Crippen molar-refractivity contribution in [1.82, 2.24) is 0 Å². The highest BCUT2D eigenvalue weighted by Crippen LogP contribution is 2.22. The molecule has 0 heterocycles. The second kappa shape index (κ2) is 5.03. The molecule has 3 N–H and O–H groups in total. The van der Waals surface area contributed by atoms with E-state index in [9.17, 15) is 5.11 Å². The smallest absolute Gasteiger partial charge is 0.128 e. The Balaban J connectivity index is 3.24. The lowest BCUT2D eigenvalue weighted by Gasteiger charge is -2.08. The maximum Gasteiger partial charge on any atom is 0.128 e. The lowest BCUT2D eigenvalue weighted by molar-refractivity contribution is 0.471. The molecule has 0 spiro atoms. The van der Waals surface area contributed by atoms with Crippen LogP contribution in [-0.2, 0) is 0 Å². The number of aromatic hydroxyl groups is 1. The molecule has 4 heteroatoms. The zero-order valence-electron chi connectivity index (χ0n) is 9.58. The van der Waals surface area contributed by atoms with Gasteiger partial charge in [0.15, 0.2) is 0 Å². The Bertz CT molecular complexity index is 464. The topological polar surface area (TPSA) is 58.6 Å². The number of phenols is 1. The van der Waals surface area contributed by atoms with Crippen LogP contribution in [0.1, 0.15) is 18.1 Å². The number of benzene rings is 1. The summed E-state index contributed by atoms with van der Waals surface area (Å²) in [4.78, 5) is 3.87. The average Bonchev–Trinajstić information content (AvgIpc) is 2.29. The molecule has 0 saturated carbocycles. The van der Waals surface area contributed by atoms with Gasteiger partial charge in [-0.05, 0) is 43.2 Å². The maximum absolute atomic E-state index is 9.41. The maximum atomic E-state index is 9.41. The highest BCUT2D eigenvalue weighted by molar-refractivity contribution is 6.70. The van der Waals surface area contributed by atoms with E-state index in [1.54, 1.807) is 19.2 Å². The largest absolute Gasteiger partial charge is 0.508 e. The summed E-state index contributed by atoms with van der Waals surface area (Å²) in [7, 11) is 1.61. The number of aryl methyl sites for hydroxylation is 1. The lowest BCUT2D eigenvalue weighted by Crippen LogP contribution is -2.04. The Morgan fingerprint density at radius 3 is 2.56 bits per heavy atom. The molecule has 0 aromatic heterocycles. The summed E-state index contributed by atoms with van der Waals surface area (Å²) in [6.07, 6.45) is 0. The summed E-state index contributed by atoms with van der Waals surface area (Å²) in [5.74, 6) is 0.254. The lowest BCUT2D eigenvalue weighted by atomic mass is 10.1. The van der Waals surface area contributed by atoms with Crippen LogP contribution in [0.2, 0.25) is 0 Å². The second-order valence-electron chi connectivity index (χ2n) is 3.55. The summed E-state index contributed by atoms with van der Waals surface area (Å²) in [5, 5.41) is 9.80. The fraction of sp³-hybridized carbons (Fsp3) is 0.250. The Hall–Kier alpha value is -1.48. The minimum Gasteiger partial charge on any atom is -0.508 e. The van der Waals surface area contributed by atoms with Crippen LogP contribution < -0.4 is 5.73 Å². The van der Waals surface area contributed by atoms with E-state index in [4.69, 9.17) is 17.3 Å². The van der Waals surface area contributed by atoms with Crippen molar-refractivity contribution in [2.24, 2.45) is 10.7 Å². The predicted molar refractivity (Wildman–Crippen MR) is 68.8 cm³/mol. The van der Waals surface area contributed by atoms with E-state index in [0.29, 0.717) is 10.9 Å². The number of halogens is 1. The van der Waals surface area contributed by atoms with Crippen LogP contribution in [0.25, 0.3) is 5.70 Å². The van der Waals surface area contributed by atoms with Crippen molar-refractivity contribution in [3.63, 3.8) is 0 Å². The van der Waals surface area contributed by atoms with Gasteiger partial charge in [-0.3, -0.25) is 4.99 Å². The Morgan fingerprint density at radius 2 is 2.06 bits per heavy atom. The normalized spacial score (nSPS) is 13.6. The summed E-state index contributed by atoms with van der Waals surface area (Å²) in [5.41, 5.74) is 8.87. The number of allylic oxidation sites excluding steroid dienone is 1. The van der Waals surface area contributed by atoms with Gasteiger partial charge in [0.2, 0.25) is 0 Å². The Morgan fingerprint density at radius 1 is 1.44 bits per heavy atom. The van der Waals surface area contributed by atoms with Crippen molar-refractivity contribution in [3.05, 3.63) is 34.9 Å². The van der Waals surface area contributed by atoms with Crippen molar-refractivity contribution in [1.29, 1.82) is 0 Å². The van der Waals surface area contributed by atoms with E-state index >= 15 is 0 Å². The number of nitrogens with two attached hydrogens (primary N) is 1.